The van der Waals surface area contributed by atoms with Crippen molar-refractivity contribution in [2.45, 2.75) is 0 Å². The first kappa shape index (κ1) is 10.3. The Balaban J connectivity index is 0.000000853. The van der Waals surface area contributed by atoms with E-state index in [-0.39, 0.29) is 20.1 Å². The Morgan fingerprint density at radius 2 is 1.93 bits per heavy atom. The van der Waals surface area contributed by atoms with E-state index in [0.29, 0.717) is 0 Å². The van der Waals surface area contributed by atoms with Gasteiger partial charge in [-0.1, -0.05) is 23.3 Å². The maximum atomic E-state index is 4.34. The molecule has 0 unspecified atom stereocenters. The van der Waals surface area contributed by atoms with Crippen molar-refractivity contribution in [1.82, 2.24) is 14.2 Å². The molecular formula is C11H10IrN3+. The van der Waals surface area contributed by atoms with Crippen LogP contribution >= 0.6 is 0 Å². The quantitative estimate of drug-likeness (QED) is 0.551. The van der Waals surface area contributed by atoms with Crippen LogP contribution in [0.2, 0.25) is 0 Å². The van der Waals surface area contributed by atoms with Crippen molar-refractivity contribution in [2.24, 2.45) is 7.05 Å². The summed E-state index contributed by atoms with van der Waals surface area (Å²) in [5, 5.41) is 6.81. The second-order valence-corrected chi connectivity index (χ2v) is 3.46. The number of aryl methyl sites for hydroxylation is 1. The Morgan fingerprint density at radius 3 is 2.73 bits per heavy atom. The number of fused-ring (bicyclic) bond motifs is 2. The molecular weight excluding hydrogens is 366 g/mol. The minimum absolute atomic E-state index is 0. The van der Waals surface area contributed by atoms with E-state index in [0.717, 1.165) is 5.65 Å². The molecule has 0 aliphatic carbocycles. The fourth-order valence-electron chi connectivity index (χ4n) is 1.73. The van der Waals surface area contributed by atoms with Gasteiger partial charge in [0.05, 0.1) is 11.5 Å². The molecule has 2 aromatic heterocycles. The summed E-state index contributed by atoms with van der Waals surface area (Å²) >= 11 is 0. The van der Waals surface area contributed by atoms with Gasteiger partial charge in [0, 0.05) is 32.5 Å². The van der Waals surface area contributed by atoms with Crippen LogP contribution in [-0.2, 0) is 27.2 Å². The van der Waals surface area contributed by atoms with E-state index in [2.05, 4.69) is 29.5 Å². The Morgan fingerprint density at radius 1 is 1.20 bits per heavy atom. The summed E-state index contributed by atoms with van der Waals surface area (Å²) in [5.74, 6) is 0. The SMILES string of the molecule is Cn1[cH+]n2cc3ccccc3cc2n1.[Ir]. The molecule has 4 heteroatoms. The molecule has 1 radical (unpaired) electrons. The molecule has 3 aromatic rings. The van der Waals surface area contributed by atoms with Crippen molar-refractivity contribution in [3.05, 3.63) is 42.9 Å². The standard InChI is InChI=1S/C11H10N3.Ir/c1-13-8-14-7-10-5-3-2-4-9(10)6-11(14)12-13;/h2-8H,1H3;/q+1;. The monoisotopic (exact) mass is 377 g/mol. The maximum Gasteiger partial charge on any atom is 0.263 e. The van der Waals surface area contributed by atoms with Gasteiger partial charge in [-0.2, -0.15) is 4.68 Å². The summed E-state index contributed by atoms with van der Waals surface area (Å²) in [4.78, 5) is 0. The Hall–Kier alpha value is -1.25. The van der Waals surface area contributed by atoms with Gasteiger partial charge in [-0.15, -0.1) is 4.40 Å². The van der Waals surface area contributed by atoms with E-state index in [1.807, 2.05) is 34.6 Å². The minimum atomic E-state index is 0. The molecule has 1 aromatic carbocycles. The van der Waals surface area contributed by atoms with Crippen LogP contribution in [0, 0.1) is 0 Å². The Labute approximate surface area is 101 Å². The Bertz CT molecular complexity index is 563. The van der Waals surface area contributed by atoms with E-state index in [1.165, 1.54) is 10.8 Å². The first-order valence-corrected chi connectivity index (χ1v) is 4.56. The Kier molecular flexibility index (Phi) is 2.55. The summed E-state index contributed by atoms with van der Waals surface area (Å²) in [7, 11) is 1.93. The zero-order valence-electron chi connectivity index (χ0n) is 8.22. The van der Waals surface area contributed by atoms with Crippen LogP contribution in [-0.4, -0.2) is 14.2 Å². The number of hydrogen-bond acceptors (Lipinski definition) is 1. The van der Waals surface area contributed by atoms with Crippen molar-refractivity contribution in [1.29, 1.82) is 0 Å². The number of hydrogen-bond donors (Lipinski definition) is 0. The van der Waals surface area contributed by atoms with Crippen molar-refractivity contribution < 1.29 is 20.1 Å². The summed E-state index contributed by atoms with van der Waals surface area (Å²) in [5.41, 5.74) is 0.978. The second-order valence-electron chi connectivity index (χ2n) is 3.46. The summed E-state index contributed by atoms with van der Waals surface area (Å²) in [6.45, 7) is 0. The fraction of sp³-hybridized carbons (Fsp3) is 0.0909. The normalized spacial score (nSPS) is 10.5. The number of pyridine rings is 1. The zero-order valence-corrected chi connectivity index (χ0v) is 10.6. The molecule has 0 aliphatic heterocycles. The average molecular weight is 376 g/mol. The van der Waals surface area contributed by atoms with Crippen molar-refractivity contribution >= 4 is 16.4 Å². The van der Waals surface area contributed by atoms with Crippen LogP contribution < -0.4 is 0 Å². The molecule has 77 valence electrons. The molecule has 3 nitrogen and oxygen atoms in total. The number of aromatic nitrogens is 3. The van der Waals surface area contributed by atoms with E-state index < -0.39 is 0 Å². The first-order chi connectivity index (χ1) is 6.83. The topological polar surface area (TPSA) is 22.2 Å². The average Bonchev–Trinajstić information content (AvgIpc) is 2.53. The molecule has 0 aliphatic rings. The van der Waals surface area contributed by atoms with Gasteiger partial charge in [0.25, 0.3) is 5.65 Å². The van der Waals surface area contributed by atoms with Crippen LogP contribution in [0.25, 0.3) is 16.4 Å². The molecule has 0 amide bonds. The number of nitrogens with zero attached hydrogens (tertiary/aromatic N) is 3. The molecule has 0 saturated heterocycles. The molecule has 2 heterocycles. The van der Waals surface area contributed by atoms with Crippen molar-refractivity contribution in [3.8, 4) is 0 Å². The molecule has 0 saturated carbocycles. The van der Waals surface area contributed by atoms with Gasteiger partial charge in [-0.3, -0.25) is 0 Å². The molecule has 0 spiro atoms. The van der Waals surface area contributed by atoms with Crippen LogP contribution in [0.5, 0.6) is 0 Å². The number of benzene rings is 1. The third-order valence-corrected chi connectivity index (χ3v) is 2.38. The van der Waals surface area contributed by atoms with E-state index >= 15 is 0 Å². The molecule has 0 fully saturated rings. The van der Waals surface area contributed by atoms with E-state index in [1.54, 1.807) is 0 Å². The van der Waals surface area contributed by atoms with Crippen molar-refractivity contribution in [2.75, 3.05) is 0 Å². The molecule has 3 rings (SSSR count). The third kappa shape index (κ3) is 1.66. The molecule has 15 heavy (non-hydrogen) atoms. The minimum Gasteiger partial charge on any atom is -0.189 e. The van der Waals surface area contributed by atoms with Crippen LogP contribution in [0.4, 0.5) is 0 Å². The fourth-order valence-corrected chi connectivity index (χ4v) is 1.73. The van der Waals surface area contributed by atoms with Gasteiger partial charge in [-0.05, 0) is 6.07 Å². The molecule has 0 atom stereocenters. The zero-order chi connectivity index (χ0) is 9.54. The molecule has 0 bridgehead atoms. The summed E-state index contributed by atoms with van der Waals surface area (Å²) in [6, 6.07) is 10.4. The van der Waals surface area contributed by atoms with Gasteiger partial charge in [-0.25, -0.2) is 0 Å². The first-order valence-electron chi connectivity index (χ1n) is 4.56. The van der Waals surface area contributed by atoms with Gasteiger partial charge >= 0.3 is 0 Å². The van der Waals surface area contributed by atoms with Crippen LogP contribution in [0.15, 0.2) is 42.9 Å². The molecule has 0 N–H and O–H groups in total. The van der Waals surface area contributed by atoms with Gasteiger partial charge in [0.15, 0.2) is 0 Å². The van der Waals surface area contributed by atoms with Gasteiger partial charge in [0.2, 0.25) is 6.33 Å². The van der Waals surface area contributed by atoms with Crippen LogP contribution in [0.1, 0.15) is 0 Å². The summed E-state index contributed by atoms with van der Waals surface area (Å²) < 4.78 is 3.84. The largest absolute Gasteiger partial charge is 0.263 e. The smallest absolute Gasteiger partial charge is 0.189 e. The summed E-state index contributed by atoms with van der Waals surface area (Å²) in [6.07, 6.45) is 4.06. The third-order valence-electron chi connectivity index (χ3n) is 2.38. The number of rotatable bonds is 0. The van der Waals surface area contributed by atoms with Crippen molar-refractivity contribution in [3.63, 3.8) is 0 Å². The van der Waals surface area contributed by atoms with E-state index in [9.17, 15) is 0 Å². The maximum absolute atomic E-state index is 4.34. The predicted molar refractivity (Wildman–Crippen MR) is 56.1 cm³/mol. The van der Waals surface area contributed by atoms with Gasteiger partial charge in [0.1, 0.15) is 6.20 Å². The van der Waals surface area contributed by atoms with Gasteiger partial charge < -0.3 is 0 Å². The second kappa shape index (κ2) is 3.72. The predicted octanol–water partition coefficient (Wildman–Crippen LogP) is 2.10. The van der Waals surface area contributed by atoms with Crippen LogP contribution in [0.3, 0.4) is 0 Å². The van der Waals surface area contributed by atoms with E-state index in [4.69, 9.17) is 0 Å².